The third-order valence-corrected chi connectivity index (χ3v) is 9.09. The fourth-order valence-electron chi connectivity index (χ4n) is 7.41. The zero-order chi connectivity index (χ0) is 27.3. The number of epoxide rings is 2. The molecule has 11 atom stereocenters. The predicted octanol–water partition coefficient (Wildman–Crippen LogP) is 1.13. The molecule has 2 aliphatic carbocycles. The Hall–Kier alpha value is -2.50. The van der Waals surface area contributed by atoms with Crippen LogP contribution >= 0.6 is 0 Å². The maximum Gasteiger partial charge on any atom is 0.342 e. The zero-order valence-corrected chi connectivity index (χ0v) is 22.1. The van der Waals surface area contributed by atoms with Crippen molar-refractivity contribution in [3.8, 4) is 0 Å². The zero-order valence-electron chi connectivity index (χ0n) is 22.1. The number of carbonyl (C=O) groups excluding carboxylic acids is 4. The van der Waals surface area contributed by atoms with Crippen molar-refractivity contribution < 1.29 is 52.7 Å². The van der Waals surface area contributed by atoms with Crippen molar-refractivity contribution in [3.63, 3.8) is 0 Å². The molecule has 0 aromatic rings. The molecular formula is C26H34O11. The van der Waals surface area contributed by atoms with Crippen LogP contribution in [-0.4, -0.2) is 82.4 Å². The standard InChI is InChI=1S/C26H34O11/c1-11-8-15(32-12(2)27)21(34-14(4)29)23(5)16(33-13(3)28)10-17-24(6,36-17)19(23)20(30)26-18(9-11)35-22(31)25(26,7)37-26/h9,15-21,30H,8,10H2,1-7H3/b11-9-/t15-,16+,17+,18+,19-,20-,21+,23+,24+,25+,26+/m1/s1. The average Bonchev–Trinajstić information content (AvgIpc) is 3.59. The van der Waals surface area contributed by atoms with Crippen LogP contribution in [0.5, 0.6) is 0 Å². The van der Waals surface area contributed by atoms with E-state index in [-0.39, 0.29) is 18.9 Å². The minimum absolute atomic E-state index is 0.130. The van der Waals surface area contributed by atoms with Gasteiger partial charge in [0.15, 0.2) is 17.3 Å². The summed E-state index contributed by atoms with van der Waals surface area (Å²) in [6, 6.07) is 0. The Labute approximate surface area is 214 Å². The second-order valence-electron chi connectivity index (χ2n) is 11.6. The van der Waals surface area contributed by atoms with E-state index in [9.17, 15) is 24.3 Å². The summed E-state index contributed by atoms with van der Waals surface area (Å²) in [4.78, 5) is 49.8. The number of carbonyl (C=O) groups is 4. The molecule has 1 N–H and O–H groups in total. The van der Waals surface area contributed by atoms with Crippen LogP contribution in [0.4, 0.5) is 0 Å². The summed E-state index contributed by atoms with van der Waals surface area (Å²) in [5.74, 6) is -3.27. The SMILES string of the molecule is CC(=O)O[C@H]1C[C@@H]2O[C@]2(C)[C@@H]2[C@@H](O)[C@]34O[C@@]3(C)C(=O)O[C@H]4/C=C(/C)C[C@@H](OC(C)=O)[C@H](OC(C)=O)[C@@]12C. The molecule has 0 bridgehead atoms. The Bertz CT molecular complexity index is 1100. The van der Waals surface area contributed by atoms with Gasteiger partial charge < -0.3 is 33.5 Å². The molecule has 3 heterocycles. The summed E-state index contributed by atoms with van der Waals surface area (Å²) >= 11 is 0. The second kappa shape index (κ2) is 8.00. The van der Waals surface area contributed by atoms with Crippen molar-refractivity contribution >= 4 is 23.9 Å². The normalized spacial score (nSPS) is 51.0. The third-order valence-electron chi connectivity index (χ3n) is 9.09. The molecule has 0 radical (unpaired) electrons. The fourth-order valence-corrected chi connectivity index (χ4v) is 7.41. The molecule has 3 saturated heterocycles. The van der Waals surface area contributed by atoms with E-state index >= 15 is 0 Å². The molecule has 4 fully saturated rings. The number of rotatable bonds is 3. The van der Waals surface area contributed by atoms with E-state index in [0.29, 0.717) is 5.57 Å². The minimum atomic E-state index is -1.43. The maximum absolute atomic E-state index is 12.9. The van der Waals surface area contributed by atoms with Gasteiger partial charge in [-0.1, -0.05) is 12.5 Å². The van der Waals surface area contributed by atoms with Crippen LogP contribution < -0.4 is 0 Å². The van der Waals surface area contributed by atoms with Crippen LogP contribution in [0.1, 0.15) is 61.3 Å². The molecule has 204 valence electrons. The van der Waals surface area contributed by atoms with E-state index in [0.717, 1.165) is 0 Å². The Balaban J connectivity index is 1.75. The summed E-state index contributed by atoms with van der Waals surface area (Å²) in [7, 11) is 0. The van der Waals surface area contributed by atoms with Gasteiger partial charge in [-0.05, 0) is 26.8 Å². The molecule has 37 heavy (non-hydrogen) atoms. The number of fused-ring (bicyclic) bond motifs is 3. The number of hydrogen-bond acceptors (Lipinski definition) is 11. The van der Waals surface area contributed by atoms with Gasteiger partial charge in [-0.2, -0.15) is 0 Å². The van der Waals surface area contributed by atoms with Crippen LogP contribution in [0, 0.1) is 11.3 Å². The molecule has 0 aromatic heterocycles. The van der Waals surface area contributed by atoms with Crippen LogP contribution in [0.25, 0.3) is 0 Å². The van der Waals surface area contributed by atoms with Gasteiger partial charge in [0.05, 0.1) is 23.2 Å². The molecule has 0 amide bonds. The average molecular weight is 523 g/mol. The number of aliphatic hydroxyl groups is 1. The minimum Gasteiger partial charge on any atom is -0.462 e. The van der Waals surface area contributed by atoms with Crippen molar-refractivity contribution in [1.82, 2.24) is 0 Å². The smallest absolute Gasteiger partial charge is 0.342 e. The summed E-state index contributed by atoms with van der Waals surface area (Å²) in [6.45, 7) is 10.7. The van der Waals surface area contributed by atoms with E-state index in [4.69, 9.17) is 28.4 Å². The van der Waals surface area contributed by atoms with E-state index in [1.807, 2.05) is 6.92 Å². The number of aliphatic hydroxyl groups excluding tert-OH is 1. The molecule has 5 aliphatic rings. The third kappa shape index (κ3) is 3.50. The highest BCUT2D eigenvalue weighted by Crippen LogP contribution is 2.69. The van der Waals surface area contributed by atoms with Gasteiger partial charge in [-0.15, -0.1) is 0 Å². The predicted molar refractivity (Wildman–Crippen MR) is 123 cm³/mol. The first-order chi connectivity index (χ1) is 17.1. The first kappa shape index (κ1) is 26.1. The Morgan fingerprint density at radius 3 is 2.22 bits per heavy atom. The molecule has 5 rings (SSSR count). The Kier molecular flexibility index (Phi) is 5.65. The number of ether oxygens (including phenoxy) is 6. The van der Waals surface area contributed by atoms with Gasteiger partial charge in [0, 0.05) is 39.5 Å². The maximum atomic E-state index is 12.9. The van der Waals surface area contributed by atoms with E-state index in [1.165, 1.54) is 20.8 Å². The van der Waals surface area contributed by atoms with Crippen molar-refractivity contribution in [2.45, 2.75) is 115 Å². The molecule has 1 saturated carbocycles. The first-order valence-electron chi connectivity index (χ1n) is 12.6. The lowest BCUT2D eigenvalue weighted by Crippen LogP contribution is -2.67. The van der Waals surface area contributed by atoms with E-state index in [2.05, 4.69) is 0 Å². The van der Waals surface area contributed by atoms with Crippen LogP contribution in [0.15, 0.2) is 11.6 Å². The topological polar surface area (TPSA) is 150 Å². The number of esters is 4. The van der Waals surface area contributed by atoms with Gasteiger partial charge in [-0.3, -0.25) is 14.4 Å². The lowest BCUT2D eigenvalue weighted by molar-refractivity contribution is -0.224. The highest BCUT2D eigenvalue weighted by Gasteiger charge is 2.88. The highest BCUT2D eigenvalue weighted by molar-refractivity contribution is 5.89. The van der Waals surface area contributed by atoms with Gasteiger partial charge in [0.25, 0.3) is 0 Å². The largest absolute Gasteiger partial charge is 0.462 e. The van der Waals surface area contributed by atoms with E-state index < -0.39 is 82.5 Å². The van der Waals surface area contributed by atoms with Crippen molar-refractivity contribution in [2.75, 3.05) is 0 Å². The molecule has 0 aromatic carbocycles. The fraction of sp³-hybridized carbons (Fsp3) is 0.769. The Morgan fingerprint density at radius 2 is 1.65 bits per heavy atom. The van der Waals surface area contributed by atoms with Crippen molar-refractivity contribution in [2.24, 2.45) is 11.3 Å². The van der Waals surface area contributed by atoms with Crippen LogP contribution in [-0.2, 0) is 47.6 Å². The lowest BCUT2D eigenvalue weighted by atomic mass is 9.53. The lowest BCUT2D eigenvalue weighted by Gasteiger charge is -2.54. The highest BCUT2D eigenvalue weighted by atomic mass is 16.7. The van der Waals surface area contributed by atoms with Crippen molar-refractivity contribution in [3.05, 3.63) is 11.6 Å². The van der Waals surface area contributed by atoms with Gasteiger partial charge >= 0.3 is 23.9 Å². The second-order valence-corrected chi connectivity index (χ2v) is 11.6. The molecule has 11 nitrogen and oxygen atoms in total. The summed E-state index contributed by atoms with van der Waals surface area (Å²) in [6.07, 6.45) is -3.58. The van der Waals surface area contributed by atoms with Gasteiger partial charge in [0.2, 0.25) is 0 Å². The monoisotopic (exact) mass is 522 g/mol. The summed E-state index contributed by atoms with van der Waals surface area (Å²) in [5.41, 5.74) is -4.41. The number of hydrogen-bond donors (Lipinski definition) is 1. The van der Waals surface area contributed by atoms with Crippen molar-refractivity contribution in [1.29, 1.82) is 0 Å². The summed E-state index contributed by atoms with van der Waals surface area (Å²) in [5, 5.41) is 12.2. The molecule has 11 heteroatoms. The quantitative estimate of drug-likeness (QED) is 0.246. The molecule has 1 spiro atoms. The molecular weight excluding hydrogens is 488 g/mol. The van der Waals surface area contributed by atoms with E-state index in [1.54, 1.807) is 26.8 Å². The van der Waals surface area contributed by atoms with Crippen LogP contribution in [0.2, 0.25) is 0 Å². The summed E-state index contributed by atoms with van der Waals surface area (Å²) < 4.78 is 35.2. The Morgan fingerprint density at radius 1 is 1.03 bits per heavy atom. The van der Waals surface area contributed by atoms with Gasteiger partial charge in [0.1, 0.15) is 18.3 Å². The molecule has 3 aliphatic heterocycles. The first-order valence-corrected chi connectivity index (χ1v) is 12.6. The van der Waals surface area contributed by atoms with Gasteiger partial charge in [-0.25, -0.2) is 4.79 Å². The molecule has 0 unspecified atom stereocenters. The van der Waals surface area contributed by atoms with Crippen LogP contribution in [0.3, 0.4) is 0 Å².